The molecule has 0 aromatic heterocycles. The van der Waals surface area contributed by atoms with Crippen LogP contribution in [0.5, 0.6) is 11.5 Å². The molecule has 0 fully saturated rings. The number of hydrogen-bond acceptors (Lipinski definition) is 3. The molecule has 0 N–H and O–H groups in total. The largest absolute Gasteiger partial charge is 0.493 e. The second-order valence-corrected chi connectivity index (χ2v) is 4.83. The average Bonchev–Trinajstić information content (AvgIpc) is 2.44. The molecule has 0 aliphatic carbocycles. The lowest BCUT2D eigenvalue weighted by atomic mass is 10.2. The third-order valence-corrected chi connectivity index (χ3v) is 3.12. The van der Waals surface area contributed by atoms with Crippen molar-refractivity contribution < 1.29 is 14.3 Å². The van der Waals surface area contributed by atoms with Crippen LogP contribution in [0.15, 0.2) is 46.9 Å². The zero-order valence-electron chi connectivity index (χ0n) is 10.4. The lowest BCUT2D eigenvalue weighted by Crippen LogP contribution is -2.00. The summed E-state index contributed by atoms with van der Waals surface area (Å²) in [5.41, 5.74) is 1.49. The van der Waals surface area contributed by atoms with E-state index in [4.69, 9.17) is 9.47 Å². The number of carbonyl (C=O) groups excluding carboxylic acids is 1. The molecule has 0 heterocycles. The van der Waals surface area contributed by atoms with E-state index < -0.39 is 0 Å². The van der Waals surface area contributed by atoms with Gasteiger partial charge in [0.25, 0.3) is 0 Å². The highest BCUT2D eigenvalue weighted by molar-refractivity contribution is 9.10. The monoisotopic (exact) mass is 320 g/mol. The zero-order valence-corrected chi connectivity index (χ0v) is 12.0. The minimum Gasteiger partial charge on any atom is -0.493 e. The molecular weight excluding hydrogens is 308 g/mol. The summed E-state index contributed by atoms with van der Waals surface area (Å²) >= 11 is 3.41. The van der Waals surface area contributed by atoms with Crippen LogP contribution in [0.2, 0.25) is 0 Å². The van der Waals surface area contributed by atoms with Crippen molar-refractivity contribution in [3.8, 4) is 11.5 Å². The van der Waals surface area contributed by atoms with Gasteiger partial charge in [-0.3, -0.25) is 4.79 Å². The number of para-hydroxylation sites is 1. The van der Waals surface area contributed by atoms with Gasteiger partial charge in [0.1, 0.15) is 6.61 Å². The zero-order chi connectivity index (χ0) is 13.7. The maximum atomic E-state index is 11.0. The Labute approximate surface area is 120 Å². The Morgan fingerprint density at radius 2 is 2.00 bits per heavy atom. The van der Waals surface area contributed by atoms with Gasteiger partial charge in [0.15, 0.2) is 17.8 Å². The van der Waals surface area contributed by atoms with Gasteiger partial charge in [-0.2, -0.15) is 0 Å². The Morgan fingerprint density at radius 3 is 2.68 bits per heavy atom. The summed E-state index contributed by atoms with van der Waals surface area (Å²) < 4.78 is 11.9. The van der Waals surface area contributed by atoms with E-state index in [-0.39, 0.29) is 0 Å². The van der Waals surface area contributed by atoms with Crippen molar-refractivity contribution in [2.75, 3.05) is 7.11 Å². The molecule has 19 heavy (non-hydrogen) atoms. The van der Waals surface area contributed by atoms with Crippen molar-refractivity contribution in [2.45, 2.75) is 6.61 Å². The van der Waals surface area contributed by atoms with Crippen LogP contribution in [0.25, 0.3) is 0 Å². The van der Waals surface area contributed by atoms with Gasteiger partial charge >= 0.3 is 0 Å². The SMILES string of the molecule is COc1cccc(C=O)c1OCc1cccc(Br)c1. The third-order valence-electron chi connectivity index (χ3n) is 2.63. The first-order chi connectivity index (χ1) is 9.24. The van der Waals surface area contributed by atoms with Crippen LogP contribution in [0.3, 0.4) is 0 Å². The second kappa shape index (κ2) is 6.38. The molecule has 0 aliphatic rings. The van der Waals surface area contributed by atoms with Crippen molar-refractivity contribution in [1.29, 1.82) is 0 Å². The maximum absolute atomic E-state index is 11.0. The average molecular weight is 321 g/mol. The van der Waals surface area contributed by atoms with Crippen molar-refractivity contribution in [2.24, 2.45) is 0 Å². The van der Waals surface area contributed by atoms with Gasteiger partial charge in [-0.1, -0.05) is 34.1 Å². The maximum Gasteiger partial charge on any atom is 0.172 e. The lowest BCUT2D eigenvalue weighted by Gasteiger charge is -2.12. The van der Waals surface area contributed by atoms with Gasteiger partial charge in [-0.25, -0.2) is 0 Å². The summed E-state index contributed by atoms with van der Waals surface area (Å²) in [4.78, 5) is 11.0. The Hall–Kier alpha value is -1.81. The molecule has 0 aliphatic heterocycles. The molecule has 0 amide bonds. The molecule has 0 spiro atoms. The number of hydrogen-bond donors (Lipinski definition) is 0. The topological polar surface area (TPSA) is 35.5 Å². The van der Waals surface area contributed by atoms with Crippen LogP contribution in [0.1, 0.15) is 15.9 Å². The van der Waals surface area contributed by atoms with E-state index in [9.17, 15) is 4.79 Å². The van der Waals surface area contributed by atoms with Crippen LogP contribution in [-0.4, -0.2) is 13.4 Å². The van der Waals surface area contributed by atoms with Crippen molar-refractivity contribution >= 4 is 22.2 Å². The number of benzene rings is 2. The van der Waals surface area contributed by atoms with E-state index in [1.807, 2.05) is 24.3 Å². The number of methoxy groups -OCH3 is 1. The molecule has 0 saturated carbocycles. The van der Waals surface area contributed by atoms with E-state index in [1.165, 1.54) is 0 Å². The minimum absolute atomic E-state index is 0.376. The van der Waals surface area contributed by atoms with Crippen LogP contribution < -0.4 is 9.47 Å². The first-order valence-corrected chi connectivity index (χ1v) is 6.53. The van der Waals surface area contributed by atoms with E-state index >= 15 is 0 Å². The predicted molar refractivity (Wildman–Crippen MR) is 76.9 cm³/mol. The van der Waals surface area contributed by atoms with E-state index in [0.29, 0.717) is 23.7 Å². The van der Waals surface area contributed by atoms with Crippen LogP contribution in [0.4, 0.5) is 0 Å². The van der Waals surface area contributed by atoms with Crippen LogP contribution in [-0.2, 0) is 6.61 Å². The molecule has 0 saturated heterocycles. The molecule has 2 aromatic rings. The Bertz CT molecular complexity index is 581. The molecule has 0 bridgehead atoms. The molecule has 98 valence electrons. The van der Waals surface area contributed by atoms with Gasteiger partial charge in [0.2, 0.25) is 0 Å². The van der Waals surface area contributed by atoms with Gasteiger partial charge in [0, 0.05) is 4.47 Å². The predicted octanol–water partition coefficient (Wildman–Crippen LogP) is 3.85. The first-order valence-electron chi connectivity index (χ1n) is 5.74. The lowest BCUT2D eigenvalue weighted by molar-refractivity contribution is 0.111. The smallest absolute Gasteiger partial charge is 0.172 e. The molecule has 0 atom stereocenters. The molecule has 3 nitrogen and oxygen atoms in total. The quantitative estimate of drug-likeness (QED) is 0.785. The van der Waals surface area contributed by atoms with Gasteiger partial charge in [-0.05, 0) is 29.8 Å². The normalized spacial score (nSPS) is 10.0. The molecule has 0 unspecified atom stereocenters. The molecule has 0 radical (unpaired) electrons. The summed E-state index contributed by atoms with van der Waals surface area (Å²) in [7, 11) is 1.55. The third kappa shape index (κ3) is 3.35. The highest BCUT2D eigenvalue weighted by atomic mass is 79.9. The molecule has 2 aromatic carbocycles. The summed E-state index contributed by atoms with van der Waals surface area (Å²) in [6.07, 6.45) is 0.763. The van der Waals surface area contributed by atoms with Crippen molar-refractivity contribution in [1.82, 2.24) is 0 Å². The first kappa shape index (κ1) is 13.6. The summed E-state index contributed by atoms with van der Waals surface area (Å²) in [6, 6.07) is 13.0. The van der Waals surface area contributed by atoms with Crippen LogP contribution >= 0.6 is 15.9 Å². The van der Waals surface area contributed by atoms with E-state index in [2.05, 4.69) is 15.9 Å². The molecular formula is C15H13BrO3. The number of ether oxygens (including phenoxy) is 2. The Morgan fingerprint density at radius 1 is 1.21 bits per heavy atom. The molecule has 2 rings (SSSR count). The highest BCUT2D eigenvalue weighted by Gasteiger charge is 2.10. The van der Waals surface area contributed by atoms with E-state index in [0.717, 1.165) is 16.3 Å². The standard InChI is InChI=1S/C15H13BrO3/c1-18-14-7-3-5-12(9-17)15(14)19-10-11-4-2-6-13(16)8-11/h2-9H,10H2,1H3. The van der Waals surface area contributed by atoms with Crippen molar-refractivity contribution in [3.05, 3.63) is 58.1 Å². The molecule has 4 heteroatoms. The summed E-state index contributed by atoms with van der Waals surface area (Å²) in [5.74, 6) is 1.03. The van der Waals surface area contributed by atoms with Crippen LogP contribution in [0, 0.1) is 0 Å². The van der Waals surface area contributed by atoms with Gasteiger partial charge in [0.05, 0.1) is 12.7 Å². The summed E-state index contributed by atoms with van der Waals surface area (Å²) in [6.45, 7) is 0.376. The number of halogens is 1. The Kier molecular flexibility index (Phi) is 4.58. The Balaban J connectivity index is 2.21. The van der Waals surface area contributed by atoms with Gasteiger partial charge < -0.3 is 9.47 Å². The number of rotatable bonds is 5. The van der Waals surface area contributed by atoms with Gasteiger partial charge in [-0.15, -0.1) is 0 Å². The fraction of sp³-hybridized carbons (Fsp3) is 0.133. The fourth-order valence-corrected chi connectivity index (χ4v) is 2.17. The minimum atomic E-state index is 0.376. The van der Waals surface area contributed by atoms with Crippen molar-refractivity contribution in [3.63, 3.8) is 0 Å². The highest BCUT2D eigenvalue weighted by Crippen LogP contribution is 2.30. The summed E-state index contributed by atoms with van der Waals surface area (Å²) in [5, 5.41) is 0. The second-order valence-electron chi connectivity index (χ2n) is 3.92. The number of aldehydes is 1. The number of carbonyl (C=O) groups is 1. The van der Waals surface area contributed by atoms with E-state index in [1.54, 1.807) is 25.3 Å². The fourth-order valence-electron chi connectivity index (χ4n) is 1.72.